The van der Waals surface area contributed by atoms with E-state index < -0.39 is 11.9 Å². The molecule has 0 aromatic heterocycles. The van der Waals surface area contributed by atoms with E-state index in [0.717, 1.165) is 11.1 Å². The van der Waals surface area contributed by atoms with E-state index in [0.29, 0.717) is 22.6 Å². The Kier molecular flexibility index (Phi) is 9.53. The van der Waals surface area contributed by atoms with E-state index in [1.165, 1.54) is 25.0 Å². The van der Waals surface area contributed by atoms with E-state index in [2.05, 4.69) is 0 Å². The number of ether oxygens (including phenoxy) is 4. The van der Waals surface area contributed by atoms with Crippen LogP contribution in [0.3, 0.4) is 0 Å². The Labute approximate surface area is 188 Å². The van der Waals surface area contributed by atoms with Crippen LogP contribution in [0.4, 0.5) is 0 Å². The van der Waals surface area contributed by atoms with Gasteiger partial charge in [0.15, 0.2) is 0 Å². The van der Waals surface area contributed by atoms with E-state index >= 15 is 0 Å². The Hall–Kier alpha value is -4.06. The molecule has 0 aliphatic rings. The first-order chi connectivity index (χ1) is 15.4. The quantitative estimate of drug-likeness (QED) is 0.271. The fourth-order valence-corrected chi connectivity index (χ4v) is 2.27. The average molecular weight is 434 g/mol. The summed E-state index contributed by atoms with van der Waals surface area (Å²) in [6.45, 7) is 6.88. The molecule has 6 nitrogen and oxygen atoms in total. The maximum Gasteiger partial charge on any atom is 0.338 e. The number of esters is 2. The number of rotatable bonds is 9. The van der Waals surface area contributed by atoms with Gasteiger partial charge < -0.3 is 18.9 Å². The highest BCUT2D eigenvalue weighted by Gasteiger charge is 2.03. The molecule has 166 valence electrons. The lowest BCUT2D eigenvalue weighted by molar-refractivity contribution is -0.134. The molecule has 0 saturated heterocycles. The second-order valence-corrected chi connectivity index (χ2v) is 6.58. The zero-order valence-corrected chi connectivity index (χ0v) is 18.5. The first kappa shape index (κ1) is 24.2. The van der Waals surface area contributed by atoms with Gasteiger partial charge in [0, 0.05) is 11.1 Å². The van der Waals surface area contributed by atoms with Gasteiger partial charge in [-0.25, -0.2) is 9.59 Å². The van der Waals surface area contributed by atoms with Crippen LogP contribution in [0.1, 0.15) is 27.7 Å². The Morgan fingerprint density at radius 3 is 1.25 bits per heavy atom. The molecule has 2 rings (SSSR count). The van der Waals surface area contributed by atoms with Crippen molar-refractivity contribution in [1.29, 1.82) is 0 Å². The van der Waals surface area contributed by atoms with Crippen molar-refractivity contribution in [3.8, 4) is 22.6 Å². The van der Waals surface area contributed by atoms with E-state index in [9.17, 15) is 9.59 Å². The number of hydrogen-bond donors (Lipinski definition) is 0. The van der Waals surface area contributed by atoms with Gasteiger partial charge in [-0.3, -0.25) is 0 Å². The van der Waals surface area contributed by atoms with Crippen LogP contribution in [0.2, 0.25) is 0 Å². The number of benzene rings is 2. The molecule has 2 aromatic rings. The van der Waals surface area contributed by atoms with E-state index in [1.54, 1.807) is 39.8 Å². The zero-order chi connectivity index (χ0) is 23.3. The Bertz CT molecular complexity index is 939. The second-order valence-electron chi connectivity index (χ2n) is 6.58. The van der Waals surface area contributed by atoms with Gasteiger partial charge in [0.2, 0.25) is 0 Å². The highest BCUT2D eigenvalue weighted by Crippen LogP contribution is 2.25. The molecule has 0 heterocycles. The van der Waals surface area contributed by atoms with Crippen LogP contribution in [-0.2, 0) is 19.1 Å². The minimum Gasteiger partial charge on any atom is -0.462 e. The Balaban J connectivity index is 1.86. The van der Waals surface area contributed by atoms with Crippen molar-refractivity contribution in [1.82, 2.24) is 0 Å². The monoisotopic (exact) mass is 434 g/mol. The second kappa shape index (κ2) is 12.6. The summed E-state index contributed by atoms with van der Waals surface area (Å²) in [6.07, 6.45) is 8.39. The molecule has 0 unspecified atom stereocenters. The summed E-state index contributed by atoms with van der Waals surface area (Å²) in [6, 6.07) is 14.9. The van der Waals surface area contributed by atoms with Gasteiger partial charge in [-0.2, -0.15) is 0 Å². The first-order valence-corrected chi connectivity index (χ1v) is 9.96. The minimum absolute atomic E-state index is 0.421. The van der Waals surface area contributed by atoms with Crippen LogP contribution in [0.15, 0.2) is 96.9 Å². The molecule has 0 radical (unpaired) electrons. The topological polar surface area (TPSA) is 71.1 Å². The van der Waals surface area contributed by atoms with E-state index in [1.807, 2.05) is 48.5 Å². The molecular weight excluding hydrogens is 408 g/mol. The predicted octanol–water partition coefficient (Wildman–Crippen LogP) is 6.07. The number of hydrogen-bond acceptors (Lipinski definition) is 6. The summed E-state index contributed by atoms with van der Waals surface area (Å²) in [5.41, 5.74) is 3.03. The van der Waals surface area contributed by atoms with Gasteiger partial charge in [0.05, 0.1) is 0 Å². The molecule has 0 bridgehead atoms. The van der Waals surface area contributed by atoms with Crippen LogP contribution in [0, 0.1) is 0 Å². The smallest absolute Gasteiger partial charge is 0.338 e. The fourth-order valence-electron chi connectivity index (χ4n) is 2.27. The molecule has 32 heavy (non-hydrogen) atoms. The van der Waals surface area contributed by atoms with E-state index in [-0.39, 0.29) is 0 Å². The first-order valence-electron chi connectivity index (χ1n) is 9.96. The summed E-state index contributed by atoms with van der Waals surface area (Å²) in [7, 11) is 0. The highest BCUT2D eigenvalue weighted by atomic mass is 16.5. The fraction of sp³-hybridized carbons (Fsp3) is 0.154. The average Bonchev–Trinajstić information content (AvgIpc) is 2.83. The summed E-state index contributed by atoms with van der Waals surface area (Å²) >= 11 is 0. The van der Waals surface area contributed by atoms with Crippen molar-refractivity contribution in [2.75, 3.05) is 0 Å². The maximum atomic E-state index is 11.5. The molecule has 0 amide bonds. The number of allylic oxidation sites excluding steroid dienone is 2. The van der Waals surface area contributed by atoms with Crippen LogP contribution in [-0.4, -0.2) is 11.9 Å². The maximum absolute atomic E-state index is 11.5. The molecule has 0 N–H and O–H groups in total. The van der Waals surface area contributed by atoms with Gasteiger partial charge in [-0.1, -0.05) is 36.4 Å². The lowest BCUT2D eigenvalue weighted by atomic mass is 10.1. The summed E-state index contributed by atoms with van der Waals surface area (Å²) < 4.78 is 20.7. The number of carbonyl (C=O) groups excluding carboxylic acids is 2. The standard InChI is InChI=1S/C26H26O6/c1-5-19(3)25(27)31-17-15-29-23-11-7-21(8-12-23)22-9-13-24(14-10-22)30-16-18-32-26(28)20(4)6-2/h5-18H,1-4H3/b17-15-,18-16-,19-5+,20-6+. The lowest BCUT2D eigenvalue weighted by Gasteiger charge is -2.06. The van der Waals surface area contributed by atoms with Crippen LogP contribution >= 0.6 is 0 Å². The highest BCUT2D eigenvalue weighted by molar-refractivity contribution is 5.88. The summed E-state index contributed by atoms with van der Waals surface area (Å²) in [5, 5.41) is 0. The molecule has 0 aliphatic carbocycles. The van der Waals surface area contributed by atoms with Gasteiger partial charge in [-0.05, 0) is 63.1 Å². The molecular formula is C26H26O6. The van der Waals surface area contributed by atoms with Crippen LogP contribution in [0.25, 0.3) is 11.1 Å². The molecule has 0 atom stereocenters. The molecule has 0 spiro atoms. The zero-order valence-electron chi connectivity index (χ0n) is 18.5. The van der Waals surface area contributed by atoms with Gasteiger partial charge >= 0.3 is 11.9 Å². The van der Waals surface area contributed by atoms with E-state index in [4.69, 9.17) is 18.9 Å². The van der Waals surface area contributed by atoms with Gasteiger partial charge in [0.25, 0.3) is 0 Å². The van der Waals surface area contributed by atoms with Gasteiger partial charge in [-0.15, -0.1) is 0 Å². The SMILES string of the molecule is C/C=C(\C)C(=O)O/C=C\Oc1ccc(-c2ccc(O/C=C\OC(=O)/C(C)=C/C)cc2)cc1. The third kappa shape index (κ3) is 7.65. The molecule has 0 aliphatic heterocycles. The summed E-state index contributed by atoms with van der Waals surface area (Å²) in [4.78, 5) is 23.0. The van der Waals surface area contributed by atoms with Crippen LogP contribution < -0.4 is 9.47 Å². The molecule has 6 heteroatoms. The van der Waals surface area contributed by atoms with Crippen molar-refractivity contribution >= 4 is 11.9 Å². The van der Waals surface area contributed by atoms with Crippen molar-refractivity contribution in [2.24, 2.45) is 0 Å². The predicted molar refractivity (Wildman–Crippen MR) is 122 cm³/mol. The molecule has 0 fully saturated rings. The Morgan fingerprint density at radius 2 is 0.938 bits per heavy atom. The lowest BCUT2D eigenvalue weighted by Crippen LogP contribution is -2.00. The largest absolute Gasteiger partial charge is 0.462 e. The van der Waals surface area contributed by atoms with Crippen molar-refractivity contribution in [3.05, 3.63) is 96.9 Å². The minimum atomic E-state index is -0.421. The van der Waals surface area contributed by atoms with Gasteiger partial charge in [0.1, 0.15) is 36.5 Å². The molecule has 0 saturated carbocycles. The third-order valence-corrected chi connectivity index (χ3v) is 4.42. The summed E-state index contributed by atoms with van der Waals surface area (Å²) in [5.74, 6) is 0.374. The molecule has 2 aromatic carbocycles. The van der Waals surface area contributed by atoms with Crippen molar-refractivity contribution in [2.45, 2.75) is 27.7 Å². The van der Waals surface area contributed by atoms with Crippen molar-refractivity contribution < 1.29 is 28.5 Å². The number of carbonyl (C=O) groups is 2. The van der Waals surface area contributed by atoms with Crippen LogP contribution in [0.5, 0.6) is 11.5 Å². The third-order valence-electron chi connectivity index (χ3n) is 4.42. The Morgan fingerprint density at radius 1 is 0.594 bits per heavy atom. The van der Waals surface area contributed by atoms with Crippen molar-refractivity contribution in [3.63, 3.8) is 0 Å². The normalized spacial score (nSPS) is 12.1.